The molecular weight excluding hydrogens is 326 g/mol. The quantitative estimate of drug-likeness (QED) is 0.685. The molecule has 26 heavy (non-hydrogen) atoms. The van der Waals surface area contributed by atoms with Crippen LogP contribution in [0.3, 0.4) is 0 Å². The number of amides is 1. The Morgan fingerprint density at radius 2 is 1.73 bits per heavy atom. The summed E-state index contributed by atoms with van der Waals surface area (Å²) in [5, 5.41) is 2.92. The Labute approximate surface area is 156 Å². The number of benzene rings is 2. The van der Waals surface area contributed by atoms with E-state index in [2.05, 4.69) is 24.1 Å². The van der Waals surface area contributed by atoms with Crippen LogP contribution in [0.4, 0.5) is 5.69 Å². The average Bonchev–Trinajstić information content (AvgIpc) is 2.67. The molecule has 5 nitrogen and oxygen atoms in total. The molecule has 0 aliphatic heterocycles. The van der Waals surface area contributed by atoms with Crippen LogP contribution in [-0.4, -0.2) is 37.0 Å². The molecule has 2 aromatic carbocycles. The Balaban J connectivity index is 1.91. The van der Waals surface area contributed by atoms with Gasteiger partial charge >= 0.3 is 0 Å². The minimum absolute atomic E-state index is 0.124. The van der Waals surface area contributed by atoms with E-state index in [9.17, 15) is 4.79 Å². The van der Waals surface area contributed by atoms with E-state index in [1.54, 1.807) is 0 Å². The number of nitrogens with one attached hydrogen (secondary N) is 1. The minimum Gasteiger partial charge on any atom is -0.490 e. The summed E-state index contributed by atoms with van der Waals surface area (Å²) in [4.78, 5) is 14.7. The van der Waals surface area contributed by atoms with Gasteiger partial charge in [0.1, 0.15) is 12.4 Å². The molecule has 1 atom stereocenters. The third kappa shape index (κ3) is 6.17. The Morgan fingerprint density at radius 3 is 2.42 bits per heavy atom. The molecule has 140 valence electrons. The fourth-order valence-electron chi connectivity index (χ4n) is 2.74. The lowest BCUT2D eigenvalue weighted by Gasteiger charge is -2.19. The smallest absolute Gasteiger partial charge is 0.226 e. The normalized spacial score (nSPS) is 12.0. The fraction of sp³-hybridized carbons (Fsp3) is 0.381. The fourth-order valence-corrected chi connectivity index (χ4v) is 2.74. The molecule has 5 heteroatoms. The summed E-state index contributed by atoms with van der Waals surface area (Å²) in [6.45, 7) is 7.69. The van der Waals surface area contributed by atoms with Crippen LogP contribution in [0.5, 0.6) is 5.75 Å². The van der Waals surface area contributed by atoms with Crippen LogP contribution in [0.2, 0.25) is 0 Å². The maximum absolute atomic E-state index is 12.4. The number of hydrogen-bond acceptors (Lipinski definition) is 4. The summed E-state index contributed by atoms with van der Waals surface area (Å²) in [6.07, 6.45) is 0.220. The van der Waals surface area contributed by atoms with Crippen LogP contribution >= 0.6 is 0 Å². The van der Waals surface area contributed by atoms with Crippen LogP contribution in [0.1, 0.15) is 31.9 Å². The third-order valence-electron chi connectivity index (χ3n) is 4.35. The van der Waals surface area contributed by atoms with Gasteiger partial charge in [0.25, 0.3) is 0 Å². The second-order valence-corrected chi connectivity index (χ2v) is 6.14. The monoisotopic (exact) mass is 355 g/mol. The number of ether oxygens (including phenoxy) is 1. The van der Waals surface area contributed by atoms with Gasteiger partial charge in [0, 0.05) is 19.0 Å². The van der Waals surface area contributed by atoms with Gasteiger partial charge in [-0.15, -0.1) is 0 Å². The average molecular weight is 355 g/mol. The van der Waals surface area contributed by atoms with Crippen LogP contribution in [0.15, 0.2) is 54.6 Å². The number of hydrogen-bond donors (Lipinski definition) is 2. The minimum atomic E-state index is -0.327. The molecule has 3 N–H and O–H groups in total. The van der Waals surface area contributed by atoms with E-state index in [0.29, 0.717) is 18.0 Å². The summed E-state index contributed by atoms with van der Waals surface area (Å²) >= 11 is 0. The largest absolute Gasteiger partial charge is 0.490 e. The van der Waals surface area contributed by atoms with Crippen molar-refractivity contribution in [2.45, 2.75) is 26.3 Å². The molecule has 2 aromatic rings. The zero-order valence-electron chi connectivity index (χ0n) is 15.7. The molecule has 0 spiro atoms. The Hall–Kier alpha value is -2.37. The van der Waals surface area contributed by atoms with Gasteiger partial charge in [0.05, 0.1) is 5.69 Å². The van der Waals surface area contributed by atoms with Crippen molar-refractivity contribution < 1.29 is 9.53 Å². The summed E-state index contributed by atoms with van der Waals surface area (Å²) < 4.78 is 5.87. The molecular formula is C21H29N3O2. The lowest BCUT2D eigenvalue weighted by molar-refractivity contribution is -0.116. The highest BCUT2D eigenvalue weighted by Gasteiger charge is 2.13. The number of rotatable bonds is 10. The molecule has 0 aliphatic carbocycles. The van der Waals surface area contributed by atoms with Gasteiger partial charge in [-0.3, -0.25) is 4.79 Å². The number of carbonyl (C=O) groups is 1. The van der Waals surface area contributed by atoms with E-state index in [1.807, 2.05) is 54.6 Å². The molecule has 0 aromatic heterocycles. The Kier molecular flexibility index (Phi) is 8.12. The van der Waals surface area contributed by atoms with Gasteiger partial charge in [-0.2, -0.15) is 0 Å². The Morgan fingerprint density at radius 1 is 1.08 bits per heavy atom. The van der Waals surface area contributed by atoms with Gasteiger partial charge < -0.3 is 20.7 Å². The standard InChI is InChI=1S/C21H29N3O2/c1-3-24(4-2)14-15-26-20-13-9-8-12-19(20)23-21(25)16-18(22)17-10-6-5-7-11-17/h5-13,18H,3-4,14-16,22H2,1-2H3,(H,23,25). The van der Waals surface area contributed by atoms with Gasteiger partial charge in [0.2, 0.25) is 5.91 Å². The van der Waals surface area contributed by atoms with Crippen molar-refractivity contribution in [1.29, 1.82) is 0 Å². The molecule has 0 saturated carbocycles. The molecule has 0 radical (unpaired) electrons. The molecule has 0 fully saturated rings. The first-order valence-corrected chi connectivity index (χ1v) is 9.18. The molecule has 0 saturated heterocycles. The van der Waals surface area contributed by atoms with Crippen LogP contribution < -0.4 is 15.8 Å². The van der Waals surface area contributed by atoms with E-state index in [4.69, 9.17) is 10.5 Å². The highest BCUT2D eigenvalue weighted by atomic mass is 16.5. The topological polar surface area (TPSA) is 67.6 Å². The van der Waals surface area contributed by atoms with Crippen LogP contribution in [-0.2, 0) is 4.79 Å². The van der Waals surface area contributed by atoms with E-state index in [1.165, 1.54) is 0 Å². The van der Waals surface area contributed by atoms with E-state index < -0.39 is 0 Å². The summed E-state index contributed by atoms with van der Waals surface area (Å²) in [6, 6.07) is 16.8. The van der Waals surface area contributed by atoms with E-state index in [-0.39, 0.29) is 18.4 Å². The number of nitrogens with two attached hydrogens (primary N) is 1. The van der Waals surface area contributed by atoms with Crippen LogP contribution in [0.25, 0.3) is 0 Å². The van der Waals surface area contributed by atoms with Crippen molar-refractivity contribution in [3.8, 4) is 5.75 Å². The van der Waals surface area contributed by atoms with E-state index in [0.717, 1.165) is 25.2 Å². The Bertz CT molecular complexity index is 672. The highest BCUT2D eigenvalue weighted by molar-refractivity contribution is 5.92. The first-order valence-electron chi connectivity index (χ1n) is 9.18. The predicted molar refractivity (Wildman–Crippen MR) is 106 cm³/mol. The van der Waals surface area contributed by atoms with Gasteiger partial charge in [-0.05, 0) is 30.8 Å². The van der Waals surface area contributed by atoms with Crippen molar-refractivity contribution in [1.82, 2.24) is 4.90 Å². The van der Waals surface area contributed by atoms with Gasteiger partial charge in [-0.1, -0.05) is 56.3 Å². The van der Waals surface area contributed by atoms with Crippen molar-refractivity contribution in [2.75, 3.05) is 31.6 Å². The molecule has 0 heterocycles. The van der Waals surface area contributed by atoms with Crippen molar-refractivity contribution in [3.63, 3.8) is 0 Å². The second-order valence-electron chi connectivity index (χ2n) is 6.14. The van der Waals surface area contributed by atoms with Crippen LogP contribution in [0, 0.1) is 0 Å². The zero-order chi connectivity index (χ0) is 18.8. The molecule has 1 unspecified atom stereocenters. The number of likely N-dealkylation sites (N-methyl/N-ethyl adjacent to an activating group) is 1. The SMILES string of the molecule is CCN(CC)CCOc1ccccc1NC(=O)CC(N)c1ccccc1. The molecule has 2 rings (SSSR count). The summed E-state index contributed by atoms with van der Waals surface area (Å²) in [7, 11) is 0. The number of carbonyl (C=O) groups excluding carboxylic acids is 1. The number of nitrogens with zero attached hydrogens (tertiary/aromatic N) is 1. The lowest BCUT2D eigenvalue weighted by atomic mass is 10.0. The maximum Gasteiger partial charge on any atom is 0.226 e. The molecule has 1 amide bonds. The maximum atomic E-state index is 12.4. The lowest BCUT2D eigenvalue weighted by Crippen LogP contribution is -2.28. The van der Waals surface area contributed by atoms with Gasteiger partial charge in [0.15, 0.2) is 0 Å². The second kappa shape index (κ2) is 10.6. The first kappa shape index (κ1) is 19.9. The van der Waals surface area contributed by atoms with Crippen molar-refractivity contribution >= 4 is 11.6 Å². The number of para-hydroxylation sites is 2. The first-order chi connectivity index (χ1) is 12.6. The van der Waals surface area contributed by atoms with Crippen molar-refractivity contribution in [3.05, 3.63) is 60.2 Å². The predicted octanol–water partition coefficient (Wildman–Crippen LogP) is 3.44. The number of anilines is 1. The summed E-state index contributed by atoms with van der Waals surface area (Å²) in [5.41, 5.74) is 7.76. The van der Waals surface area contributed by atoms with Crippen molar-refractivity contribution in [2.24, 2.45) is 5.73 Å². The molecule has 0 bridgehead atoms. The third-order valence-corrected chi connectivity index (χ3v) is 4.35. The highest BCUT2D eigenvalue weighted by Crippen LogP contribution is 2.24. The molecule has 0 aliphatic rings. The van der Waals surface area contributed by atoms with Gasteiger partial charge in [-0.25, -0.2) is 0 Å². The zero-order valence-corrected chi connectivity index (χ0v) is 15.7. The van der Waals surface area contributed by atoms with E-state index >= 15 is 0 Å². The summed E-state index contributed by atoms with van der Waals surface area (Å²) in [5.74, 6) is 0.558.